The standard InChI is InChI=1S/C61H107N2O7P/c1-7-10-13-16-19-22-25-28-30-31-33-35-38-41-44-47-50-53-60(64)62-58(57-69-71(66,67)68-56-55-63(4,5)6)59(52-49-46-43-40-37-34-27-24-21-18-15-12-9-3)70-61(65)54-51-48-45-42-39-36-32-29-26-23-20-17-14-11-8-2/h10,13,19-20,22-23,26,28-30,33,35,41,44,49,52,58-59H,7-9,11-12,14-18,21,24-25,27,31-32,34,36-40,42-43,45-48,50-51,53-57H2,1-6H3,(H-,62,64,66,67)/b13-10-,22-19-,23-20+,29-26+,30-28-,35-33-,44-41-,52-49+. The molecule has 408 valence electrons. The van der Waals surface area contributed by atoms with E-state index in [1.807, 2.05) is 33.3 Å². The number of quaternary nitrogens is 1. The smallest absolute Gasteiger partial charge is 0.306 e. The van der Waals surface area contributed by atoms with Gasteiger partial charge in [-0.05, 0) is 96.0 Å². The Morgan fingerprint density at radius 3 is 1.48 bits per heavy atom. The summed E-state index contributed by atoms with van der Waals surface area (Å²) in [5.41, 5.74) is 0. The normalized spacial score (nSPS) is 14.5. The number of carbonyl (C=O) groups excluding carboxylic acids is 2. The lowest BCUT2D eigenvalue weighted by atomic mass is 10.0. The Balaban J connectivity index is 5.50. The van der Waals surface area contributed by atoms with Crippen LogP contribution in [-0.2, 0) is 27.9 Å². The van der Waals surface area contributed by atoms with Gasteiger partial charge in [0, 0.05) is 12.8 Å². The van der Waals surface area contributed by atoms with Crippen LogP contribution in [0.4, 0.5) is 0 Å². The van der Waals surface area contributed by atoms with E-state index in [0.717, 1.165) is 103 Å². The lowest BCUT2D eigenvalue weighted by molar-refractivity contribution is -0.870. The number of hydrogen-bond donors (Lipinski definition) is 1. The van der Waals surface area contributed by atoms with Gasteiger partial charge < -0.3 is 28.5 Å². The summed E-state index contributed by atoms with van der Waals surface area (Å²) in [5, 5.41) is 2.98. The highest BCUT2D eigenvalue weighted by molar-refractivity contribution is 7.45. The minimum absolute atomic E-state index is 0.0394. The van der Waals surface area contributed by atoms with E-state index in [4.69, 9.17) is 13.8 Å². The van der Waals surface area contributed by atoms with Gasteiger partial charge in [-0.3, -0.25) is 14.2 Å². The molecule has 3 unspecified atom stereocenters. The molecule has 0 fully saturated rings. The van der Waals surface area contributed by atoms with Crippen LogP contribution >= 0.6 is 7.82 Å². The molecule has 0 bridgehead atoms. The Hall–Kier alpha value is -3.07. The molecular weight excluding hydrogens is 904 g/mol. The van der Waals surface area contributed by atoms with Gasteiger partial charge in [0.25, 0.3) is 7.82 Å². The zero-order valence-corrected chi connectivity index (χ0v) is 47.3. The molecule has 0 saturated carbocycles. The maximum Gasteiger partial charge on any atom is 0.306 e. The number of hydrogen-bond acceptors (Lipinski definition) is 7. The Morgan fingerprint density at radius 1 is 0.521 bits per heavy atom. The molecule has 0 radical (unpaired) electrons. The van der Waals surface area contributed by atoms with Crippen molar-refractivity contribution in [3.8, 4) is 0 Å². The summed E-state index contributed by atoms with van der Waals surface area (Å²) in [4.78, 5) is 39.8. The van der Waals surface area contributed by atoms with Crippen LogP contribution in [-0.4, -0.2) is 69.4 Å². The second kappa shape index (κ2) is 50.5. The van der Waals surface area contributed by atoms with Crippen LogP contribution in [0.3, 0.4) is 0 Å². The Morgan fingerprint density at radius 2 is 0.958 bits per heavy atom. The number of rotatable bonds is 50. The van der Waals surface area contributed by atoms with Crippen LogP contribution in [0.5, 0.6) is 0 Å². The number of phosphoric ester groups is 1. The lowest BCUT2D eigenvalue weighted by Crippen LogP contribution is -2.47. The van der Waals surface area contributed by atoms with Gasteiger partial charge in [0.1, 0.15) is 19.3 Å². The van der Waals surface area contributed by atoms with Gasteiger partial charge in [-0.2, -0.15) is 0 Å². The van der Waals surface area contributed by atoms with Crippen molar-refractivity contribution in [1.82, 2.24) is 5.32 Å². The van der Waals surface area contributed by atoms with E-state index in [-0.39, 0.29) is 31.3 Å². The van der Waals surface area contributed by atoms with Crippen molar-refractivity contribution in [2.24, 2.45) is 0 Å². The third-order valence-electron chi connectivity index (χ3n) is 12.0. The predicted molar refractivity (Wildman–Crippen MR) is 302 cm³/mol. The highest BCUT2D eigenvalue weighted by Crippen LogP contribution is 2.38. The van der Waals surface area contributed by atoms with Crippen LogP contribution < -0.4 is 10.2 Å². The number of amides is 1. The van der Waals surface area contributed by atoms with Crippen molar-refractivity contribution in [3.63, 3.8) is 0 Å². The molecule has 71 heavy (non-hydrogen) atoms. The zero-order chi connectivity index (χ0) is 52.2. The fraction of sp³-hybridized carbons (Fsp3) is 0.705. The number of esters is 1. The highest BCUT2D eigenvalue weighted by atomic mass is 31.2. The zero-order valence-electron chi connectivity index (χ0n) is 46.4. The fourth-order valence-electron chi connectivity index (χ4n) is 7.61. The molecule has 1 N–H and O–H groups in total. The van der Waals surface area contributed by atoms with Gasteiger partial charge in [-0.1, -0.05) is 215 Å². The largest absolute Gasteiger partial charge is 0.756 e. The topological polar surface area (TPSA) is 114 Å². The minimum atomic E-state index is -4.72. The molecule has 0 rings (SSSR count). The molecule has 3 atom stereocenters. The van der Waals surface area contributed by atoms with Gasteiger partial charge in [-0.25, -0.2) is 0 Å². The van der Waals surface area contributed by atoms with E-state index in [1.165, 1.54) is 77.0 Å². The van der Waals surface area contributed by atoms with E-state index in [2.05, 4.69) is 111 Å². The summed E-state index contributed by atoms with van der Waals surface area (Å²) >= 11 is 0. The van der Waals surface area contributed by atoms with Gasteiger partial charge in [-0.15, -0.1) is 0 Å². The van der Waals surface area contributed by atoms with Crippen LogP contribution in [0.15, 0.2) is 97.2 Å². The molecule has 9 nitrogen and oxygen atoms in total. The summed E-state index contributed by atoms with van der Waals surface area (Å²) in [7, 11) is 1.13. The van der Waals surface area contributed by atoms with Gasteiger partial charge in [0.15, 0.2) is 0 Å². The molecule has 0 aliphatic heterocycles. The summed E-state index contributed by atoms with van der Waals surface area (Å²) in [5.74, 6) is -0.629. The van der Waals surface area contributed by atoms with Crippen molar-refractivity contribution < 1.29 is 37.3 Å². The van der Waals surface area contributed by atoms with Crippen molar-refractivity contribution >= 4 is 19.7 Å². The number of nitrogens with zero attached hydrogens (tertiary/aromatic N) is 1. The third-order valence-corrected chi connectivity index (χ3v) is 13.0. The average Bonchev–Trinajstić information content (AvgIpc) is 3.33. The Kier molecular flexibility index (Phi) is 48.3. The quantitative estimate of drug-likeness (QED) is 0.0161. The molecule has 0 heterocycles. The van der Waals surface area contributed by atoms with E-state index in [9.17, 15) is 19.0 Å². The molecule has 0 aromatic carbocycles. The number of carbonyl (C=O) groups is 2. The molecular formula is C61H107N2O7P. The monoisotopic (exact) mass is 1010 g/mol. The fourth-order valence-corrected chi connectivity index (χ4v) is 8.33. The molecule has 0 aliphatic carbocycles. The van der Waals surface area contributed by atoms with Crippen molar-refractivity contribution in [2.45, 2.75) is 238 Å². The number of nitrogens with one attached hydrogen (secondary N) is 1. The van der Waals surface area contributed by atoms with Crippen molar-refractivity contribution in [1.29, 1.82) is 0 Å². The number of allylic oxidation sites excluding steroid dienone is 15. The summed E-state index contributed by atoms with van der Waals surface area (Å²) in [6, 6.07) is -0.927. The SMILES string of the molecule is CC/C=C\C/C=C\C/C=C\C/C=C\C/C=C\CCCC(=O)NC(COP(=O)([O-])OCC[N+](C)(C)C)C(/C=C/CCCCCCCCCCCCC)OC(=O)CCCCCCCC/C=C/C=C/CCCCC. The van der Waals surface area contributed by atoms with Crippen LogP contribution in [0, 0.1) is 0 Å². The summed E-state index contributed by atoms with van der Waals surface area (Å²) in [6.07, 6.45) is 66.6. The highest BCUT2D eigenvalue weighted by Gasteiger charge is 2.27. The maximum absolute atomic E-state index is 13.5. The van der Waals surface area contributed by atoms with E-state index in [0.29, 0.717) is 23.9 Å². The van der Waals surface area contributed by atoms with Crippen LogP contribution in [0.1, 0.15) is 226 Å². The molecule has 1 amide bonds. The summed E-state index contributed by atoms with van der Waals surface area (Å²) in [6.45, 7) is 6.63. The second-order valence-corrected chi connectivity index (χ2v) is 21.5. The lowest BCUT2D eigenvalue weighted by Gasteiger charge is -2.30. The Labute approximate surface area is 437 Å². The number of phosphoric acid groups is 1. The van der Waals surface area contributed by atoms with Crippen molar-refractivity contribution in [3.05, 3.63) is 97.2 Å². The minimum Gasteiger partial charge on any atom is -0.756 e. The molecule has 0 aliphatic rings. The first-order chi connectivity index (χ1) is 34.4. The molecule has 10 heteroatoms. The third kappa shape index (κ3) is 51.6. The summed E-state index contributed by atoms with van der Waals surface area (Å²) < 4.78 is 30.2. The molecule has 0 spiro atoms. The number of ether oxygens (including phenoxy) is 1. The predicted octanol–water partition coefficient (Wildman–Crippen LogP) is 16.6. The molecule has 0 saturated heterocycles. The maximum atomic E-state index is 13.5. The van der Waals surface area contributed by atoms with E-state index in [1.54, 1.807) is 0 Å². The average molecular weight is 1010 g/mol. The molecule has 0 aromatic heterocycles. The van der Waals surface area contributed by atoms with Gasteiger partial charge in [0.2, 0.25) is 5.91 Å². The van der Waals surface area contributed by atoms with E-state index >= 15 is 0 Å². The first-order valence-electron chi connectivity index (χ1n) is 28.6. The van der Waals surface area contributed by atoms with Gasteiger partial charge >= 0.3 is 5.97 Å². The van der Waals surface area contributed by atoms with E-state index < -0.39 is 26.6 Å². The van der Waals surface area contributed by atoms with Crippen molar-refractivity contribution in [2.75, 3.05) is 40.9 Å². The first-order valence-corrected chi connectivity index (χ1v) is 30.0. The number of unbranched alkanes of at least 4 members (excludes halogenated alkanes) is 21. The first kappa shape index (κ1) is 67.9. The van der Waals surface area contributed by atoms with Gasteiger partial charge in [0.05, 0.1) is 33.8 Å². The Bertz CT molecular complexity index is 1540. The number of likely N-dealkylation sites (N-methyl/N-ethyl adjacent to an activating group) is 1. The second-order valence-electron chi connectivity index (χ2n) is 20.1. The van der Waals surface area contributed by atoms with Crippen LogP contribution in [0.2, 0.25) is 0 Å². The molecule has 0 aromatic rings. The van der Waals surface area contributed by atoms with Crippen LogP contribution in [0.25, 0.3) is 0 Å².